The van der Waals surface area contributed by atoms with E-state index in [0.717, 1.165) is 24.3 Å². The summed E-state index contributed by atoms with van der Waals surface area (Å²) in [4.78, 5) is 0. The van der Waals surface area contributed by atoms with E-state index in [1.165, 1.54) is 19.3 Å². The van der Waals surface area contributed by atoms with E-state index in [-0.39, 0.29) is 5.60 Å². The topological polar surface area (TPSA) is 21.3 Å². The molecule has 2 nitrogen and oxygen atoms in total. The van der Waals surface area contributed by atoms with Crippen molar-refractivity contribution in [3.8, 4) is 0 Å². The highest BCUT2D eigenvalue weighted by molar-refractivity contribution is 4.84. The molecule has 1 rings (SSSR count). The van der Waals surface area contributed by atoms with Crippen LogP contribution in [0.4, 0.5) is 0 Å². The fourth-order valence-corrected chi connectivity index (χ4v) is 3.13. The molecule has 1 aliphatic carbocycles. The van der Waals surface area contributed by atoms with Crippen LogP contribution in [0.3, 0.4) is 0 Å². The summed E-state index contributed by atoms with van der Waals surface area (Å²) >= 11 is 0. The van der Waals surface area contributed by atoms with Crippen molar-refractivity contribution < 1.29 is 4.74 Å². The molecule has 3 atom stereocenters. The molecule has 0 aliphatic heterocycles. The van der Waals surface area contributed by atoms with Crippen molar-refractivity contribution >= 4 is 0 Å². The Hall–Kier alpha value is -0.0800. The molecular weight excluding hydrogens is 210 g/mol. The lowest BCUT2D eigenvalue weighted by molar-refractivity contribution is -0.121. The van der Waals surface area contributed by atoms with Crippen molar-refractivity contribution in [2.24, 2.45) is 17.8 Å². The lowest BCUT2D eigenvalue weighted by Crippen LogP contribution is -2.44. The van der Waals surface area contributed by atoms with Crippen molar-refractivity contribution in [3.05, 3.63) is 0 Å². The zero-order valence-electron chi connectivity index (χ0n) is 12.5. The third kappa shape index (κ3) is 4.59. The van der Waals surface area contributed by atoms with Gasteiger partial charge in [0.1, 0.15) is 0 Å². The van der Waals surface area contributed by atoms with Gasteiger partial charge in [0.2, 0.25) is 0 Å². The van der Waals surface area contributed by atoms with Crippen LogP contribution >= 0.6 is 0 Å². The zero-order valence-corrected chi connectivity index (χ0v) is 12.5. The van der Waals surface area contributed by atoms with Crippen molar-refractivity contribution in [2.45, 2.75) is 65.6 Å². The Morgan fingerprint density at radius 2 is 1.94 bits per heavy atom. The van der Waals surface area contributed by atoms with Gasteiger partial charge in [0.15, 0.2) is 0 Å². The van der Waals surface area contributed by atoms with Crippen LogP contribution in [0.1, 0.15) is 53.9 Å². The molecule has 3 unspecified atom stereocenters. The molecule has 2 heteroatoms. The molecule has 1 saturated carbocycles. The van der Waals surface area contributed by atoms with E-state index in [1.807, 2.05) is 7.05 Å². The summed E-state index contributed by atoms with van der Waals surface area (Å²) in [5.74, 6) is 2.29. The van der Waals surface area contributed by atoms with Gasteiger partial charge >= 0.3 is 0 Å². The number of rotatable bonds is 5. The molecule has 1 aliphatic rings. The molecule has 0 saturated heterocycles. The first-order chi connectivity index (χ1) is 7.85. The van der Waals surface area contributed by atoms with E-state index in [9.17, 15) is 0 Å². The Balaban J connectivity index is 2.63. The second kappa shape index (κ2) is 6.19. The van der Waals surface area contributed by atoms with Crippen molar-refractivity contribution in [1.29, 1.82) is 0 Å². The first kappa shape index (κ1) is 15.0. The molecule has 0 heterocycles. The molecule has 1 N–H and O–H groups in total. The monoisotopic (exact) mass is 241 g/mol. The van der Waals surface area contributed by atoms with E-state index in [2.05, 4.69) is 39.9 Å². The lowest BCUT2D eigenvalue weighted by atomic mass is 9.75. The fourth-order valence-electron chi connectivity index (χ4n) is 3.13. The normalized spacial score (nSPS) is 30.9. The second-order valence-corrected chi connectivity index (χ2v) is 6.77. The van der Waals surface area contributed by atoms with E-state index in [1.54, 1.807) is 0 Å². The van der Waals surface area contributed by atoms with Crippen molar-refractivity contribution in [2.75, 3.05) is 13.6 Å². The number of hydrogen-bond acceptors (Lipinski definition) is 2. The fraction of sp³-hybridized carbons (Fsp3) is 1.00. The maximum atomic E-state index is 6.40. The number of hydrogen-bond donors (Lipinski definition) is 1. The minimum atomic E-state index is -0.0520. The smallest absolute Gasteiger partial charge is 0.0754 e. The third-order valence-electron chi connectivity index (χ3n) is 4.03. The summed E-state index contributed by atoms with van der Waals surface area (Å²) in [7, 11) is 1.99. The third-order valence-corrected chi connectivity index (χ3v) is 4.03. The van der Waals surface area contributed by atoms with Gasteiger partial charge < -0.3 is 10.1 Å². The highest BCUT2D eigenvalue weighted by Gasteiger charge is 2.34. The quantitative estimate of drug-likeness (QED) is 0.796. The minimum Gasteiger partial charge on any atom is -0.371 e. The summed E-state index contributed by atoms with van der Waals surface area (Å²) < 4.78 is 6.40. The molecule has 0 amide bonds. The molecule has 0 bridgehead atoms. The van der Waals surface area contributed by atoms with Gasteiger partial charge in [0.25, 0.3) is 0 Å². The zero-order chi connectivity index (χ0) is 13.1. The predicted molar refractivity (Wildman–Crippen MR) is 74.2 cm³/mol. The van der Waals surface area contributed by atoms with Gasteiger partial charge in [-0.15, -0.1) is 0 Å². The standard InChI is InChI=1S/C15H31NO/c1-11(2)13-8-7-12(3)9-14(13)17-15(4,5)10-16-6/h11-14,16H,7-10H2,1-6H3. The van der Waals surface area contributed by atoms with Gasteiger partial charge in [-0.25, -0.2) is 0 Å². The Morgan fingerprint density at radius 3 is 2.47 bits per heavy atom. The van der Waals surface area contributed by atoms with Gasteiger partial charge in [-0.3, -0.25) is 0 Å². The highest BCUT2D eigenvalue weighted by atomic mass is 16.5. The number of likely N-dealkylation sites (N-methyl/N-ethyl adjacent to an activating group) is 1. The Bertz CT molecular complexity index is 225. The largest absolute Gasteiger partial charge is 0.371 e. The maximum absolute atomic E-state index is 6.40. The first-order valence-electron chi connectivity index (χ1n) is 7.18. The van der Waals surface area contributed by atoms with E-state index in [4.69, 9.17) is 4.74 Å². The Morgan fingerprint density at radius 1 is 1.29 bits per heavy atom. The van der Waals surface area contributed by atoms with Crippen LogP contribution in [-0.4, -0.2) is 25.3 Å². The van der Waals surface area contributed by atoms with Gasteiger partial charge in [-0.2, -0.15) is 0 Å². The molecule has 0 aromatic carbocycles. The van der Waals surface area contributed by atoms with Crippen LogP contribution in [-0.2, 0) is 4.74 Å². The molecule has 17 heavy (non-hydrogen) atoms. The van der Waals surface area contributed by atoms with Gasteiger partial charge in [0.05, 0.1) is 11.7 Å². The molecule has 1 fully saturated rings. The van der Waals surface area contributed by atoms with Gasteiger partial charge in [-0.1, -0.05) is 27.2 Å². The number of ether oxygens (including phenoxy) is 1. The van der Waals surface area contributed by atoms with Crippen LogP contribution in [0.25, 0.3) is 0 Å². The summed E-state index contributed by atoms with van der Waals surface area (Å²) in [6.07, 6.45) is 4.38. The lowest BCUT2D eigenvalue weighted by Gasteiger charge is -2.41. The van der Waals surface area contributed by atoms with Crippen molar-refractivity contribution in [1.82, 2.24) is 5.32 Å². The van der Waals surface area contributed by atoms with Crippen LogP contribution in [0, 0.1) is 17.8 Å². The molecular formula is C15H31NO. The predicted octanol–water partition coefficient (Wildman–Crippen LogP) is 3.46. The second-order valence-electron chi connectivity index (χ2n) is 6.77. The summed E-state index contributed by atoms with van der Waals surface area (Å²) in [5, 5.41) is 3.23. The van der Waals surface area contributed by atoms with E-state index >= 15 is 0 Å². The maximum Gasteiger partial charge on any atom is 0.0754 e. The van der Waals surface area contributed by atoms with Crippen molar-refractivity contribution in [3.63, 3.8) is 0 Å². The molecule has 102 valence electrons. The number of nitrogens with one attached hydrogen (secondary N) is 1. The average Bonchev–Trinajstić information content (AvgIpc) is 2.15. The molecule has 0 aromatic heterocycles. The van der Waals surface area contributed by atoms with E-state index < -0.39 is 0 Å². The Kier molecular flexibility index (Phi) is 5.46. The summed E-state index contributed by atoms with van der Waals surface area (Å²) in [6.45, 7) is 12.3. The Labute approximate surface area is 108 Å². The average molecular weight is 241 g/mol. The van der Waals surface area contributed by atoms with Crippen LogP contribution < -0.4 is 5.32 Å². The van der Waals surface area contributed by atoms with E-state index in [0.29, 0.717) is 6.10 Å². The molecule has 0 spiro atoms. The highest BCUT2D eigenvalue weighted by Crippen LogP contribution is 2.37. The minimum absolute atomic E-state index is 0.0520. The molecule has 0 aromatic rings. The van der Waals surface area contributed by atoms with Crippen LogP contribution in [0.2, 0.25) is 0 Å². The SMILES string of the molecule is CNCC(C)(C)OC1CC(C)CCC1C(C)C. The summed E-state index contributed by atoms with van der Waals surface area (Å²) in [5.41, 5.74) is -0.0520. The van der Waals surface area contributed by atoms with Crippen LogP contribution in [0.5, 0.6) is 0 Å². The van der Waals surface area contributed by atoms with Crippen LogP contribution in [0.15, 0.2) is 0 Å². The summed E-state index contributed by atoms with van der Waals surface area (Å²) in [6, 6.07) is 0. The van der Waals surface area contributed by atoms with Gasteiger partial charge in [-0.05, 0) is 51.5 Å². The first-order valence-corrected chi connectivity index (χ1v) is 7.18. The van der Waals surface area contributed by atoms with Gasteiger partial charge in [0, 0.05) is 6.54 Å². The molecule has 0 radical (unpaired) electrons.